The van der Waals surface area contributed by atoms with Crippen LogP contribution in [0.2, 0.25) is 0 Å². The molecule has 0 saturated carbocycles. The molecule has 2 aromatic heterocycles. The molecule has 0 aliphatic carbocycles. The van der Waals surface area contributed by atoms with Crippen molar-refractivity contribution >= 4 is 23.2 Å². The predicted molar refractivity (Wildman–Crippen MR) is 101 cm³/mol. The number of nitrogens with one attached hydrogen (secondary N) is 1. The fraction of sp³-hybridized carbons (Fsp3) is 0.474. The van der Waals surface area contributed by atoms with Crippen LogP contribution in [0, 0.1) is 0 Å². The first-order chi connectivity index (χ1) is 13.5. The van der Waals surface area contributed by atoms with E-state index < -0.39 is 0 Å². The van der Waals surface area contributed by atoms with Crippen LogP contribution in [0.25, 0.3) is 0 Å². The Labute approximate surface area is 162 Å². The monoisotopic (exact) mass is 385 g/mol. The summed E-state index contributed by atoms with van der Waals surface area (Å²) in [6.45, 7) is 4.88. The van der Waals surface area contributed by atoms with Gasteiger partial charge in [-0.05, 0) is 19.9 Å². The van der Waals surface area contributed by atoms with Crippen LogP contribution in [0.1, 0.15) is 41.7 Å². The molecule has 2 aliphatic rings. The molecular formula is C19H23N5O4. The topological polar surface area (TPSA) is 98.6 Å². The minimum Gasteiger partial charge on any atom is -0.383 e. The molecule has 0 bridgehead atoms. The second kappa shape index (κ2) is 7.33. The highest BCUT2D eigenvalue weighted by molar-refractivity contribution is 6.14. The molecule has 0 fully saturated rings. The Kier molecular flexibility index (Phi) is 4.86. The molecule has 2 amide bonds. The van der Waals surface area contributed by atoms with E-state index in [1.807, 2.05) is 13.8 Å². The largest absolute Gasteiger partial charge is 0.383 e. The number of fused-ring (bicyclic) bond motifs is 2. The van der Waals surface area contributed by atoms with E-state index in [2.05, 4.69) is 15.4 Å². The Balaban J connectivity index is 1.77. The Hall–Kier alpha value is -2.78. The Bertz CT molecular complexity index is 925. The Morgan fingerprint density at radius 2 is 2.25 bits per heavy atom. The van der Waals surface area contributed by atoms with E-state index in [4.69, 9.17) is 9.47 Å². The number of nitrogens with zero attached hydrogens (tertiary/aromatic N) is 4. The molecular weight excluding hydrogens is 362 g/mol. The van der Waals surface area contributed by atoms with E-state index in [-0.39, 0.29) is 30.6 Å². The zero-order valence-electron chi connectivity index (χ0n) is 16.1. The van der Waals surface area contributed by atoms with Crippen LogP contribution in [0.5, 0.6) is 0 Å². The average molecular weight is 385 g/mol. The molecule has 2 aromatic rings. The maximum Gasteiger partial charge on any atom is 0.279 e. The van der Waals surface area contributed by atoms with Gasteiger partial charge in [0.15, 0.2) is 5.69 Å². The first-order valence-electron chi connectivity index (χ1n) is 9.29. The third-order valence-corrected chi connectivity index (χ3v) is 5.03. The zero-order chi connectivity index (χ0) is 19.8. The van der Waals surface area contributed by atoms with Gasteiger partial charge in [-0.2, -0.15) is 5.10 Å². The van der Waals surface area contributed by atoms with Gasteiger partial charge < -0.3 is 14.8 Å². The van der Waals surface area contributed by atoms with E-state index in [9.17, 15) is 9.59 Å². The highest BCUT2D eigenvalue weighted by Gasteiger charge is 2.36. The SMILES string of the molecule is COCCn1nc(C(=O)N2CC(=O)Nc3cnccc32)c2c1[C@H](C)O[C@H](C)C2. The summed E-state index contributed by atoms with van der Waals surface area (Å²) in [6, 6.07) is 1.72. The smallest absolute Gasteiger partial charge is 0.279 e. The van der Waals surface area contributed by atoms with Crippen molar-refractivity contribution in [2.45, 2.75) is 39.0 Å². The van der Waals surface area contributed by atoms with Crippen LogP contribution < -0.4 is 10.2 Å². The summed E-state index contributed by atoms with van der Waals surface area (Å²) in [5.74, 6) is -0.553. The standard InChI is InChI=1S/C19H23N5O4/c1-11-8-13-17(22-24(6-7-27-3)18(13)12(2)28-11)19(26)23-10-16(25)21-14-9-20-5-4-15(14)23/h4-5,9,11-12H,6-8,10H2,1-3H3,(H,21,25)/t11-,12+/m1/s1. The Morgan fingerprint density at radius 3 is 3.04 bits per heavy atom. The van der Waals surface area contributed by atoms with Gasteiger partial charge in [0.1, 0.15) is 6.54 Å². The van der Waals surface area contributed by atoms with Crippen LogP contribution in [-0.4, -0.2) is 52.9 Å². The molecule has 0 aromatic carbocycles. The van der Waals surface area contributed by atoms with Crippen molar-refractivity contribution in [3.05, 3.63) is 35.4 Å². The fourth-order valence-corrected chi connectivity index (χ4v) is 3.88. The number of hydrogen-bond donors (Lipinski definition) is 1. The van der Waals surface area contributed by atoms with Crippen molar-refractivity contribution in [1.82, 2.24) is 14.8 Å². The average Bonchev–Trinajstić information content (AvgIpc) is 3.03. The lowest BCUT2D eigenvalue weighted by molar-refractivity contribution is -0.115. The van der Waals surface area contributed by atoms with Gasteiger partial charge in [-0.15, -0.1) is 0 Å². The van der Waals surface area contributed by atoms with Gasteiger partial charge in [-0.25, -0.2) is 0 Å². The molecule has 0 unspecified atom stereocenters. The summed E-state index contributed by atoms with van der Waals surface area (Å²) in [5.41, 5.74) is 3.28. The molecule has 0 spiro atoms. The molecule has 0 radical (unpaired) electrons. The molecule has 148 valence electrons. The van der Waals surface area contributed by atoms with Crippen molar-refractivity contribution in [3.63, 3.8) is 0 Å². The number of methoxy groups -OCH3 is 1. The number of pyridine rings is 1. The quantitative estimate of drug-likeness (QED) is 0.857. The number of amides is 2. The van der Waals surface area contributed by atoms with Crippen molar-refractivity contribution in [1.29, 1.82) is 0 Å². The Morgan fingerprint density at radius 1 is 1.43 bits per heavy atom. The highest BCUT2D eigenvalue weighted by atomic mass is 16.5. The van der Waals surface area contributed by atoms with Crippen molar-refractivity contribution < 1.29 is 19.1 Å². The minimum atomic E-state index is -0.295. The number of ether oxygens (including phenoxy) is 2. The summed E-state index contributed by atoms with van der Waals surface area (Å²) in [6.07, 6.45) is 3.54. The molecule has 9 nitrogen and oxygen atoms in total. The summed E-state index contributed by atoms with van der Waals surface area (Å²) in [4.78, 5) is 31.1. The number of carbonyl (C=O) groups excluding carboxylic acids is 2. The van der Waals surface area contributed by atoms with Gasteiger partial charge in [0.25, 0.3) is 5.91 Å². The number of aromatic nitrogens is 3. The van der Waals surface area contributed by atoms with Crippen LogP contribution >= 0.6 is 0 Å². The molecule has 2 atom stereocenters. The van der Waals surface area contributed by atoms with Gasteiger partial charge >= 0.3 is 0 Å². The summed E-state index contributed by atoms with van der Waals surface area (Å²) < 4.78 is 12.9. The lowest BCUT2D eigenvalue weighted by Gasteiger charge is -2.29. The van der Waals surface area contributed by atoms with E-state index in [0.717, 1.165) is 11.3 Å². The number of hydrogen-bond acceptors (Lipinski definition) is 6. The lowest BCUT2D eigenvalue weighted by atomic mass is 9.99. The molecule has 0 saturated heterocycles. The molecule has 9 heteroatoms. The first kappa shape index (κ1) is 18.6. The molecule has 4 rings (SSSR count). The molecule has 2 aliphatic heterocycles. The first-order valence-corrected chi connectivity index (χ1v) is 9.29. The molecule has 4 heterocycles. The number of rotatable bonds is 4. The zero-order valence-corrected chi connectivity index (χ0v) is 16.1. The number of anilines is 2. The third-order valence-electron chi connectivity index (χ3n) is 5.03. The summed E-state index contributed by atoms with van der Waals surface area (Å²) in [7, 11) is 1.63. The fourth-order valence-electron chi connectivity index (χ4n) is 3.88. The van der Waals surface area contributed by atoms with Gasteiger partial charge in [0.2, 0.25) is 5.91 Å². The highest BCUT2D eigenvalue weighted by Crippen LogP contribution is 2.35. The van der Waals surface area contributed by atoms with Crippen LogP contribution in [-0.2, 0) is 27.2 Å². The number of carbonyl (C=O) groups is 2. The van der Waals surface area contributed by atoms with Crippen molar-refractivity contribution in [2.75, 3.05) is 30.5 Å². The second-order valence-electron chi connectivity index (χ2n) is 7.05. The van der Waals surface area contributed by atoms with E-state index in [1.54, 1.807) is 24.1 Å². The predicted octanol–water partition coefficient (Wildman–Crippen LogP) is 1.55. The normalized spacial score (nSPS) is 21.1. The van der Waals surface area contributed by atoms with Crippen LogP contribution in [0.4, 0.5) is 11.4 Å². The van der Waals surface area contributed by atoms with Gasteiger partial charge in [0.05, 0.1) is 48.6 Å². The van der Waals surface area contributed by atoms with E-state index >= 15 is 0 Å². The lowest BCUT2D eigenvalue weighted by Crippen LogP contribution is -2.42. The van der Waals surface area contributed by atoms with E-state index in [1.165, 1.54) is 11.1 Å². The van der Waals surface area contributed by atoms with Gasteiger partial charge in [-0.3, -0.25) is 24.2 Å². The third kappa shape index (κ3) is 3.16. The molecule has 1 N–H and O–H groups in total. The van der Waals surface area contributed by atoms with Crippen molar-refractivity contribution in [3.8, 4) is 0 Å². The van der Waals surface area contributed by atoms with Crippen LogP contribution in [0.15, 0.2) is 18.5 Å². The van der Waals surface area contributed by atoms with Gasteiger partial charge in [-0.1, -0.05) is 0 Å². The van der Waals surface area contributed by atoms with Gasteiger partial charge in [0, 0.05) is 25.3 Å². The maximum atomic E-state index is 13.5. The minimum absolute atomic E-state index is 0.0183. The van der Waals surface area contributed by atoms with Crippen molar-refractivity contribution in [2.24, 2.45) is 0 Å². The summed E-state index contributed by atoms with van der Waals surface area (Å²) in [5, 5.41) is 7.35. The summed E-state index contributed by atoms with van der Waals surface area (Å²) >= 11 is 0. The molecule has 28 heavy (non-hydrogen) atoms. The van der Waals surface area contributed by atoms with E-state index in [0.29, 0.717) is 36.6 Å². The second-order valence-corrected chi connectivity index (χ2v) is 7.05. The van der Waals surface area contributed by atoms with Crippen LogP contribution in [0.3, 0.4) is 0 Å². The maximum absolute atomic E-state index is 13.5.